The minimum atomic E-state index is -3.67. The summed E-state index contributed by atoms with van der Waals surface area (Å²) in [6.07, 6.45) is 2.78. The van der Waals surface area contributed by atoms with Crippen LogP contribution in [0.1, 0.15) is 42.1 Å². The Labute approximate surface area is 178 Å². The van der Waals surface area contributed by atoms with E-state index in [1.807, 2.05) is 18.2 Å². The minimum Gasteiger partial charge on any atom is -0.356 e. The monoisotopic (exact) mass is 428 g/mol. The zero-order valence-electron chi connectivity index (χ0n) is 17.2. The number of Topliss-reactive ketones (excluding diaryl/α,β-unsaturated/α-hetero) is 1. The molecular weight excluding hydrogens is 400 g/mol. The van der Waals surface area contributed by atoms with E-state index < -0.39 is 10.0 Å². The summed E-state index contributed by atoms with van der Waals surface area (Å²) in [7, 11) is -3.67. The predicted molar refractivity (Wildman–Crippen MR) is 116 cm³/mol. The van der Waals surface area contributed by atoms with Gasteiger partial charge in [0, 0.05) is 31.1 Å². The smallest absolute Gasteiger partial charge is 0.243 e. The van der Waals surface area contributed by atoms with Crippen LogP contribution >= 0.6 is 0 Å². The maximum atomic E-state index is 12.9. The lowest BCUT2D eigenvalue weighted by Gasteiger charge is -2.30. The molecule has 0 bridgehead atoms. The highest BCUT2D eigenvalue weighted by atomic mass is 32.2. The van der Waals surface area contributed by atoms with Crippen LogP contribution in [0.25, 0.3) is 0 Å². The van der Waals surface area contributed by atoms with Gasteiger partial charge in [-0.15, -0.1) is 0 Å². The molecule has 0 atom stereocenters. The molecule has 0 radical (unpaired) electrons. The van der Waals surface area contributed by atoms with Crippen LogP contribution in [0.2, 0.25) is 0 Å². The fraction of sp³-hybridized carbons (Fsp3) is 0.391. The third-order valence-electron chi connectivity index (χ3n) is 5.49. The molecule has 0 saturated carbocycles. The quantitative estimate of drug-likeness (QED) is 0.517. The van der Waals surface area contributed by atoms with Crippen LogP contribution in [0, 0.1) is 5.92 Å². The van der Waals surface area contributed by atoms with E-state index in [2.05, 4.69) is 17.4 Å². The Morgan fingerprint density at radius 3 is 2.40 bits per heavy atom. The number of nitrogens with zero attached hydrogens (tertiary/aromatic N) is 1. The Hall–Kier alpha value is -2.51. The number of sulfonamides is 1. The first-order chi connectivity index (χ1) is 14.4. The lowest BCUT2D eigenvalue weighted by molar-refractivity contribution is -0.126. The van der Waals surface area contributed by atoms with E-state index in [-0.39, 0.29) is 22.5 Å². The number of rotatable bonds is 8. The largest absolute Gasteiger partial charge is 0.356 e. The first-order valence-electron chi connectivity index (χ1n) is 10.3. The van der Waals surface area contributed by atoms with E-state index in [9.17, 15) is 18.0 Å². The zero-order chi connectivity index (χ0) is 21.6. The number of hydrogen-bond donors (Lipinski definition) is 1. The summed E-state index contributed by atoms with van der Waals surface area (Å²) >= 11 is 0. The number of hydrogen-bond acceptors (Lipinski definition) is 4. The van der Waals surface area contributed by atoms with Crippen LogP contribution in [0.5, 0.6) is 0 Å². The summed E-state index contributed by atoms with van der Waals surface area (Å²) in [5.41, 5.74) is 1.62. The number of amides is 1. The Morgan fingerprint density at radius 1 is 1.03 bits per heavy atom. The molecule has 3 rings (SSSR count). The van der Waals surface area contributed by atoms with Crippen LogP contribution in [-0.4, -0.2) is 44.0 Å². The molecule has 1 saturated heterocycles. The third-order valence-corrected chi connectivity index (χ3v) is 7.38. The van der Waals surface area contributed by atoms with Crippen molar-refractivity contribution in [2.24, 2.45) is 5.92 Å². The van der Waals surface area contributed by atoms with Gasteiger partial charge in [0.15, 0.2) is 5.78 Å². The van der Waals surface area contributed by atoms with Gasteiger partial charge in [0.2, 0.25) is 15.9 Å². The summed E-state index contributed by atoms with van der Waals surface area (Å²) in [6.45, 7) is 2.63. The van der Waals surface area contributed by atoms with Crippen molar-refractivity contribution >= 4 is 21.7 Å². The van der Waals surface area contributed by atoms with Crippen molar-refractivity contribution in [1.82, 2.24) is 9.62 Å². The summed E-state index contributed by atoms with van der Waals surface area (Å²) in [6, 6.07) is 16.3. The molecule has 1 N–H and O–H groups in total. The number of ketones is 1. The molecule has 0 aromatic heterocycles. The van der Waals surface area contributed by atoms with Crippen LogP contribution in [0.3, 0.4) is 0 Å². The Morgan fingerprint density at radius 2 is 1.73 bits per heavy atom. The summed E-state index contributed by atoms with van der Waals surface area (Å²) in [4.78, 5) is 24.1. The highest BCUT2D eigenvalue weighted by Crippen LogP contribution is 2.24. The molecule has 1 fully saturated rings. The summed E-state index contributed by atoms with van der Waals surface area (Å²) in [5.74, 6) is -0.342. The molecular formula is C23H28N2O4S. The normalized spacial score (nSPS) is 15.6. The Kier molecular flexibility index (Phi) is 7.39. The first kappa shape index (κ1) is 22.2. The highest BCUT2D eigenvalue weighted by molar-refractivity contribution is 7.89. The topological polar surface area (TPSA) is 83.6 Å². The van der Waals surface area contributed by atoms with Crippen molar-refractivity contribution < 1.29 is 18.0 Å². The number of piperidine rings is 1. The third kappa shape index (κ3) is 5.55. The summed E-state index contributed by atoms with van der Waals surface area (Å²) < 4.78 is 27.2. The van der Waals surface area contributed by atoms with Gasteiger partial charge in [0.25, 0.3) is 0 Å². The van der Waals surface area contributed by atoms with Crippen LogP contribution < -0.4 is 5.32 Å². The van der Waals surface area contributed by atoms with Gasteiger partial charge in [-0.3, -0.25) is 9.59 Å². The molecule has 1 aliphatic heterocycles. The van der Waals surface area contributed by atoms with Crippen molar-refractivity contribution in [1.29, 1.82) is 0 Å². The maximum absolute atomic E-state index is 12.9. The average Bonchev–Trinajstić information content (AvgIpc) is 2.77. The van der Waals surface area contributed by atoms with E-state index in [1.54, 1.807) is 12.1 Å². The Balaban J connectivity index is 1.48. The van der Waals surface area contributed by atoms with Gasteiger partial charge in [-0.2, -0.15) is 4.31 Å². The Bertz CT molecular complexity index is 981. The minimum absolute atomic E-state index is 0.00122. The second-order valence-corrected chi connectivity index (χ2v) is 9.58. The standard InChI is InChI=1S/C23H28N2O4S/c1-18(26)21-10-5-11-22(17-21)30(28,29)25-15-12-20(13-16-25)23(27)24-14-6-9-19-7-3-2-4-8-19/h2-5,7-8,10-11,17,20H,6,9,12-16H2,1H3,(H,24,27). The second-order valence-electron chi connectivity index (χ2n) is 7.64. The van der Waals surface area contributed by atoms with E-state index in [1.165, 1.54) is 28.9 Å². The molecule has 1 heterocycles. The maximum Gasteiger partial charge on any atom is 0.243 e. The van der Waals surface area contributed by atoms with Gasteiger partial charge in [-0.1, -0.05) is 42.5 Å². The molecule has 2 aromatic rings. The summed E-state index contributed by atoms with van der Waals surface area (Å²) in [5, 5.41) is 2.98. The van der Waals surface area contributed by atoms with Gasteiger partial charge >= 0.3 is 0 Å². The van der Waals surface area contributed by atoms with Crippen LogP contribution in [-0.2, 0) is 21.2 Å². The van der Waals surface area contributed by atoms with Crippen molar-refractivity contribution in [3.05, 3.63) is 65.7 Å². The fourth-order valence-electron chi connectivity index (χ4n) is 3.68. The number of benzene rings is 2. The van der Waals surface area contributed by atoms with Gasteiger partial charge in [-0.25, -0.2) is 8.42 Å². The van der Waals surface area contributed by atoms with E-state index in [0.29, 0.717) is 38.0 Å². The molecule has 160 valence electrons. The molecule has 1 aliphatic rings. The van der Waals surface area contributed by atoms with E-state index >= 15 is 0 Å². The van der Waals surface area contributed by atoms with Gasteiger partial charge < -0.3 is 5.32 Å². The van der Waals surface area contributed by atoms with Crippen molar-refractivity contribution in [3.8, 4) is 0 Å². The number of carbonyl (C=O) groups excluding carboxylic acids is 2. The SMILES string of the molecule is CC(=O)c1cccc(S(=O)(=O)N2CCC(C(=O)NCCCc3ccccc3)CC2)c1. The molecule has 7 heteroatoms. The van der Waals surface area contributed by atoms with Gasteiger partial charge in [-0.05, 0) is 50.3 Å². The van der Waals surface area contributed by atoms with Crippen molar-refractivity contribution in [2.75, 3.05) is 19.6 Å². The van der Waals surface area contributed by atoms with Gasteiger partial charge in [0.1, 0.15) is 0 Å². The molecule has 1 amide bonds. The molecule has 0 aliphatic carbocycles. The second kappa shape index (κ2) is 10.00. The highest BCUT2D eigenvalue weighted by Gasteiger charge is 2.32. The van der Waals surface area contributed by atoms with Crippen LogP contribution in [0.4, 0.5) is 0 Å². The lowest BCUT2D eigenvalue weighted by Crippen LogP contribution is -2.43. The van der Waals surface area contributed by atoms with Crippen LogP contribution in [0.15, 0.2) is 59.5 Å². The molecule has 30 heavy (non-hydrogen) atoms. The predicted octanol–water partition coefficient (Wildman–Crippen LogP) is 3.04. The van der Waals surface area contributed by atoms with Crippen molar-refractivity contribution in [3.63, 3.8) is 0 Å². The molecule has 2 aromatic carbocycles. The van der Waals surface area contributed by atoms with E-state index in [0.717, 1.165) is 12.8 Å². The lowest BCUT2D eigenvalue weighted by atomic mass is 9.97. The molecule has 0 spiro atoms. The van der Waals surface area contributed by atoms with Gasteiger partial charge in [0.05, 0.1) is 4.90 Å². The van der Waals surface area contributed by atoms with E-state index in [4.69, 9.17) is 0 Å². The first-order valence-corrected chi connectivity index (χ1v) is 11.7. The number of nitrogens with one attached hydrogen (secondary N) is 1. The molecule has 6 nitrogen and oxygen atoms in total. The number of aryl methyl sites for hydroxylation is 1. The number of carbonyl (C=O) groups is 2. The fourth-order valence-corrected chi connectivity index (χ4v) is 5.19. The van der Waals surface area contributed by atoms with Crippen molar-refractivity contribution in [2.45, 2.75) is 37.5 Å². The molecule has 0 unspecified atom stereocenters. The average molecular weight is 429 g/mol. The zero-order valence-corrected chi connectivity index (χ0v) is 18.0.